The number of para-hydroxylation sites is 1. The fourth-order valence-corrected chi connectivity index (χ4v) is 4.03. The quantitative estimate of drug-likeness (QED) is 0.298. The van der Waals surface area contributed by atoms with Gasteiger partial charge in [-0.3, -0.25) is 0 Å². The molecule has 0 unspecified atom stereocenters. The summed E-state index contributed by atoms with van der Waals surface area (Å²) in [5, 5.41) is 1.26. The number of furan rings is 1. The van der Waals surface area contributed by atoms with Gasteiger partial charge in [0.05, 0.1) is 0 Å². The Balaban J connectivity index is 1.39. The first-order chi connectivity index (χ1) is 12.9. The topological polar surface area (TPSA) is 13.1 Å². The Morgan fingerprint density at radius 1 is 0.962 bits per heavy atom. The van der Waals surface area contributed by atoms with Gasteiger partial charge in [-0.2, -0.15) is 0 Å². The Morgan fingerprint density at radius 3 is 2.73 bits per heavy atom. The van der Waals surface area contributed by atoms with Gasteiger partial charge < -0.3 is 4.42 Å². The van der Waals surface area contributed by atoms with E-state index in [0.717, 1.165) is 17.8 Å². The van der Waals surface area contributed by atoms with E-state index in [9.17, 15) is 0 Å². The highest BCUT2D eigenvalue weighted by atomic mass is 16.3. The molecule has 2 aromatic carbocycles. The van der Waals surface area contributed by atoms with Crippen LogP contribution in [0.5, 0.6) is 0 Å². The molecule has 1 aliphatic carbocycles. The van der Waals surface area contributed by atoms with Crippen LogP contribution in [-0.4, -0.2) is 0 Å². The molecule has 1 nitrogen and oxygen atoms in total. The highest BCUT2D eigenvalue weighted by Gasteiger charge is 2.24. The first-order valence-electron chi connectivity index (χ1n) is 10.2. The Labute approximate surface area is 156 Å². The van der Waals surface area contributed by atoms with Crippen molar-refractivity contribution in [2.45, 2.75) is 58.3 Å². The summed E-state index contributed by atoms with van der Waals surface area (Å²) in [6, 6.07) is 15.2. The van der Waals surface area contributed by atoms with Crippen molar-refractivity contribution in [3.63, 3.8) is 0 Å². The number of hydrogen-bond acceptors (Lipinski definition) is 1. The molecule has 0 saturated heterocycles. The first-order valence-corrected chi connectivity index (χ1v) is 10.2. The van der Waals surface area contributed by atoms with Crippen LogP contribution in [0.4, 0.5) is 0 Å². The van der Waals surface area contributed by atoms with Crippen molar-refractivity contribution in [2.75, 3.05) is 0 Å². The molecule has 134 valence electrons. The van der Waals surface area contributed by atoms with Crippen molar-refractivity contribution in [3.8, 4) is 11.3 Å². The SMILES string of the molecule is CCCCCCCC/C=C/c1ccc2c(c1)Cc1c-2oc2ccccc12. The van der Waals surface area contributed by atoms with E-state index >= 15 is 0 Å². The molecule has 1 heteroatoms. The van der Waals surface area contributed by atoms with Gasteiger partial charge in [-0.1, -0.05) is 87.6 Å². The van der Waals surface area contributed by atoms with Crippen LogP contribution in [0.1, 0.15) is 68.6 Å². The van der Waals surface area contributed by atoms with Gasteiger partial charge in [-0.15, -0.1) is 0 Å². The van der Waals surface area contributed by atoms with Gasteiger partial charge >= 0.3 is 0 Å². The second-order valence-corrected chi connectivity index (χ2v) is 7.46. The monoisotopic (exact) mass is 344 g/mol. The van der Waals surface area contributed by atoms with E-state index in [-0.39, 0.29) is 0 Å². The molecule has 1 aromatic heterocycles. The lowest BCUT2D eigenvalue weighted by atomic mass is 10.0. The molecule has 4 rings (SSSR count). The molecule has 0 bridgehead atoms. The van der Waals surface area contributed by atoms with Crippen molar-refractivity contribution >= 4 is 17.0 Å². The third-order valence-electron chi connectivity index (χ3n) is 5.47. The number of benzene rings is 2. The van der Waals surface area contributed by atoms with E-state index in [1.807, 2.05) is 6.07 Å². The molecule has 1 aliphatic rings. The van der Waals surface area contributed by atoms with E-state index in [4.69, 9.17) is 4.42 Å². The van der Waals surface area contributed by atoms with Crippen LogP contribution in [-0.2, 0) is 6.42 Å². The minimum atomic E-state index is 0.987. The lowest BCUT2D eigenvalue weighted by Crippen LogP contribution is -1.83. The minimum Gasteiger partial charge on any atom is -0.456 e. The fraction of sp³-hybridized carbons (Fsp3) is 0.360. The summed E-state index contributed by atoms with van der Waals surface area (Å²) in [5.74, 6) is 1.07. The molecule has 26 heavy (non-hydrogen) atoms. The molecule has 0 amide bonds. The van der Waals surface area contributed by atoms with Crippen LogP contribution in [0, 0.1) is 0 Å². The normalized spacial score (nSPS) is 12.8. The van der Waals surface area contributed by atoms with Gasteiger partial charge in [0.15, 0.2) is 0 Å². The molecule has 0 spiro atoms. The number of hydrogen-bond donors (Lipinski definition) is 0. The summed E-state index contributed by atoms with van der Waals surface area (Å²) >= 11 is 0. The van der Waals surface area contributed by atoms with Gasteiger partial charge in [0.25, 0.3) is 0 Å². The van der Waals surface area contributed by atoms with E-state index in [0.29, 0.717) is 0 Å². The highest BCUT2D eigenvalue weighted by Crippen LogP contribution is 2.42. The van der Waals surface area contributed by atoms with Gasteiger partial charge in [0.1, 0.15) is 11.3 Å². The molecule has 0 aliphatic heterocycles. The molecule has 0 saturated carbocycles. The van der Waals surface area contributed by atoms with Crippen LogP contribution in [0.25, 0.3) is 28.4 Å². The number of rotatable bonds is 8. The summed E-state index contributed by atoms with van der Waals surface area (Å²) in [6.45, 7) is 2.27. The molecule has 0 N–H and O–H groups in total. The third kappa shape index (κ3) is 3.49. The van der Waals surface area contributed by atoms with Gasteiger partial charge in [0.2, 0.25) is 0 Å². The zero-order valence-corrected chi connectivity index (χ0v) is 15.8. The number of unbranched alkanes of at least 4 members (excludes halogenated alkanes) is 6. The van der Waals surface area contributed by atoms with Crippen molar-refractivity contribution in [2.24, 2.45) is 0 Å². The molecule has 3 aromatic rings. The molecule has 0 atom stereocenters. The number of fused-ring (bicyclic) bond motifs is 5. The summed E-state index contributed by atoms with van der Waals surface area (Å²) in [5.41, 5.74) is 6.33. The maximum atomic E-state index is 6.11. The van der Waals surface area contributed by atoms with Crippen molar-refractivity contribution in [1.82, 2.24) is 0 Å². The lowest BCUT2D eigenvalue weighted by Gasteiger charge is -2.02. The third-order valence-corrected chi connectivity index (χ3v) is 5.47. The molecule has 1 heterocycles. The van der Waals surface area contributed by atoms with Crippen molar-refractivity contribution < 1.29 is 4.42 Å². The zero-order chi connectivity index (χ0) is 17.8. The van der Waals surface area contributed by atoms with E-state index in [1.165, 1.54) is 72.6 Å². The van der Waals surface area contributed by atoms with E-state index in [1.54, 1.807) is 0 Å². The molecular weight excluding hydrogens is 316 g/mol. The van der Waals surface area contributed by atoms with Crippen molar-refractivity contribution in [3.05, 3.63) is 65.2 Å². The standard InChI is InChI=1S/C25H28O/c1-2-3-4-5-6-7-8-9-12-19-15-16-21-20(17-19)18-23-22-13-10-11-14-24(22)26-25(21)23/h9-17H,2-8,18H2,1H3/b12-9+. The minimum absolute atomic E-state index is 0.987. The molecule has 0 radical (unpaired) electrons. The highest BCUT2D eigenvalue weighted by molar-refractivity contribution is 5.91. The largest absolute Gasteiger partial charge is 0.456 e. The van der Waals surface area contributed by atoms with Crippen molar-refractivity contribution in [1.29, 1.82) is 0 Å². The number of allylic oxidation sites excluding steroid dienone is 1. The molecular formula is C25H28O. The maximum absolute atomic E-state index is 6.11. The van der Waals surface area contributed by atoms with Gasteiger partial charge in [0, 0.05) is 22.9 Å². The zero-order valence-electron chi connectivity index (χ0n) is 15.8. The maximum Gasteiger partial charge on any atom is 0.139 e. The average Bonchev–Trinajstić information content (AvgIpc) is 3.19. The smallest absolute Gasteiger partial charge is 0.139 e. The van der Waals surface area contributed by atoms with Gasteiger partial charge in [-0.25, -0.2) is 0 Å². The average molecular weight is 344 g/mol. The Kier molecular flexibility index (Phi) is 5.24. The lowest BCUT2D eigenvalue weighted by molar-refractivity contribution is 0.611. The second-order valence-electron chi connectivity index (χ2n) is 7.46. The Morgan fingerprint density at radius 2 is 1.81 bits per heavy atom. The van der Waals surface area contributed by atoms with Gasteiger partial charge in [-0.05, 0) is 30.0 Å². The van der Waals surface area contributed by atoms with Crippen LogP contribution in [0.15, 0.2) is 53.0 Å². The molecule has 0 fully saturated rings. The van der Waals surface area contributed by atoms with E-state index in [2.05, 4.69) is 55.5 Å². The fourth-order valence-electron chi connectivity index (χ4n) is 4.03. The first kappa shape index (κ1) is 17.1. The summed E-state index contributed by atoms with van der Waals surface area (Å²) in [7, 11) is 0. The van der Waals surface area contributed by atoms with Crippen LogP contribution in [0.3, 0.4) is 0 Å². The van der Waals surface area contributed by atoms with Crippen LogP contribution < -0.4 is 0 Å². The predicted molar refractivity (Wildman–Crippen MR) is 111 cm³/mol. The predicted octanol–water partition coefficient (Wildman–Crippen LogP) is 7.77. The van der Waals surface area contributed by atoms with Crippen LogP contribution in [0.2, 0.25) is 0 Å². The van der Waals surface area contributed by atoms with E-state index < -0.39 is 0 Å². The van der Waals surface area contributed by atoms with Crippen LogP contribution >= 0.6 is 0 Å². The second kappa shape index (κ2) is 7.95. The summed E-state index contributed by atoms with van der Waals surface area (Å²) in [4.78, 5) is 0. The Bertz CT molecular complexity index is 913. The summed E-state index contributed by atoms with van der Waals surface area (Å²) < 4.78 is 6.11. The summed E-state index contributed by atoms with van der Waals surface area (Å²) in [6.07, 6.45) is 15.0. The Hall–Kier alpha value is -2.28.